The van der Waals surface area contributed by atoms with Gasteiger partial charge in [-0.2, -0.15) is 0 Å². The van der Waals surface area contributed by atoms with Gasteiger partial charge in [0.1, 0.15) is 11.4 Å². The number of rotatable bonds is 6. The number of nitrogens with one attached hydrogen (secondary N) is 1. The first-order valence-corrected chi connectivity index (χ1v) is 6.30. The van der Waals surface area contributed by atoms with E-state index in [1.165, 1.54) is 0 Å². The van der Waals surface area contributed by atoms with Gasteiger partial charge in [-0.15, -0.1) is 0 Å². The normalized spacial score (nSPS) is 14.1. The van der Waals surface area contributed by atoms with Crippen LogP contribution < -0.4 is 5.56 Å². The van der Waals surface area contributed by atoms with Crippen LogP contribution in [0.15, 0.2) is 4.79 Å². The lowest BCUT2D eigenvalue weighted by Gasteiger charge is -2.27. The van der Waals surface area contributed by atoms with Crippen LogP contribution in [0.2, 0.25) is 0 Å². The minimum absolute atomic E-state index is 0.186. The number of aryl methyl sites for hydroxylation is 1. The fourth-order valence-electron chi connectivity index (χ4n) is 1.88. The van der Waals surface area contributed by atoms with E-state index in [-0.39, 0.29) is 12.0 Å². The van der Waals surface area contributed by atoms with Crippen molar-refractivity contribution in [3.8, 4) is 0 Å². The monoisotopic (exact) mass is 268 g/mol. The number of carboxylic acids is 1. The predicted molar refractivity (Wildman–Crippen MR) is 70.2 cm³/mol. The Morgan fingerprint density at radius 3 is 2.53 bits per heavy atom. The zero-order chi connectivity index (χ0) is 14.6. The first-order valence-electron chi connectivity index (χ1n) is 6.30. The Labute approximate surface area is 111 Å². The van der Waals surface area contributed by atoms with Crippen LogP contribution in [0.5, 0.6) is 0 Å². The molecule has 1 rings (SSSR count). The molecule has 0 saturated heterocycles. The molecular weight excluding hydrogens is 248 g/mol. The molecule has 2 N–H and O–H groups in total. The molecule has 106 valence electrons. The summed E-state index contributed by atoms with van der Waals surface area (Å²) in [6.45, 7) is 7.81. The molecule has 0 aliphatic carbocycles. The highest BCUT2D eigenvalue weighted by Gasteiger charge is 2.29. The molecule has 0 radical (unpaired) electrons. The van der Waals surface area contributed by atoms with Gasteiger partial charge in [0, 0.05) is 17.9 Å². The summed E-state index contributed by atoms with van der Waals surface area (Å²) in [5.74, 6) is -0.611. The number of aliphatic carboxylic acids is 1. The third-order valence-electron chi connectivity index (χ3n) is 3.19. The van der Waals surface area contributed by atoms with Gasteiger partial charge in [-0.1, -0.05) is 6.92 Å². The molecule has 0 spiro atoms. The van der Waals surface area contributed by atoms with E-state index in [9.17, 15) is 9.59 Å². The van der Waals surface area contributed by atoms with Crippen LogP contribution in [0.1, 0.15) is 44.3 Å². The van der Waals surface area contributed by atoms with Crippen molar-refractivity contribution in [2.24, 2.45) is 0 Å². The average Bonchev–Trinajstić information content (AvgIpc) is 2.33. The third kappa shape index (κ3) is 3.41. The maximum Gasteiger partial charge on any atom is 0.308 e. The molecule has 0 saturated carbocycles. The van der Waals surface area contributed by atoms with Crippen LogP contribution in [-0.4, -0.2) is 27.7 Å². The van der Waals surface area contributed by atoms with Gasteiger partial charge in [-0.25, -0.2) is 4.98 Å². The third-order valence-corrected chi connectivity index (χ3v) is 3.19. The molecule has 0 aliphatic rings. The minimum atomic E-state index is -1.05. The second kappa shape index (κ2) is 5.97. The summed E-state index contributed by atoms with van der Waals surface area (Å²) in [7, 11) is 0. The molecule has 19 heavy (non-hydrogen) atoms. The molecule has 0 bridgehead atoms. The van der Waals surface area contributed by atoms with Gasteiger partial charge in [0.2, 0.25) is 0 Å². The van der Waals surface area contributed by atoms with E-state index in [4.69, 9.17) is 9.84 Å². The molecule has 0 aromatic carbocycles. The Morgan fingerprint density at radius 2 is 2.11 bits per heavy atom. The smallest absolute Gasteiger partial charge is 0.308 e. The standard InChI is InChI=1S/C13H20N2O4/c1-5-13(4,19-6-2)12-14-8(3)9(7-10(16)17)11(18)15-12/h5-7H2,1-4H3,(H,16,17)(H,14,15,18). The Kier molecular flexibility index (Phi) is 4.83. The van der Waals surface area contributed by atoms with Crippen molar-refractivity contribution in [2.45, 2.75) is 46.1 Å². The van der Waals surface area contributed by atoms with Crippen molar-refractivity contribution in [3.63, 3.8) is 0 Å². The molecule has 1 unspecified atom stereocenters. The molecule has 1 atom stereocenters. The van der Waals surface area contributed by atoms with Gasteiger partial charge in [0.25, 0.3) is 5.56 Å². The summed E-state index contributed by atoms with van der Waals surface area (Å²) >= 11 is 0. The number of hydrogen-bond donors (Lipinski definition) is 2. The zero-order valence-corrected chi connectivity index (χ0v) is 11.7. The van der Waals surface area contributed by atoms with Crippen molar-refractivity contribution in [1.29, 1.82) is 0 Å². The first kappa shape index (κ1) is 15.4. The van der Waals surface area contributed by atoms with E-state index in [2.05, 4.69) is 9.97 Å². The van der Waals surface area contributed by atoms with Gasteiger partial charge in [-0.3, -0.25) is 9.59 Å². The molecule has 1 aromatic heterocycles. The van der Waals surface area contributed by atoms with Crippen LogP contribution in [0.3, 0.4) is 0 Å². The number of ether oxygens (including phenoxy) is 1. The van der Waals surface area contributed by atoms with Crippen LogP contribution >= 0.6 is 0 Å². The lowest BCUT2D eigenvalue weighted by molar-refractivity contribution is -0.136. The number of H-pyrrole nitrogens is 1. The number of aromatic nitrogens is 2. The molecule has 0 amide bonds. The summed E-state index contributed by atoms with van der Waals surface area (Å²) in [4.78, 5) is 29.6. The van der Waals surface area contributed by atoms with Crippen molar-refractivity contribution >= 4 is 5.97 Å². The topological polar surface area (TPSA) is 92.3 Å². The fourth-order valence-corrected chi connectivity index (χ4v) is 1.88. The second-order valence-corrected chi connectivity index (χ2v) is 4.57. The lowest BCUT2D eigenvalue weighted by Crippen LogP contribution is -2.32. The molecule has 6 heteroatoms. The van der Waals surface area contributed by atoms with Crippen LogP contribution in [0.4, 0.5) is 0 Å². The SMILES string of the molecule is CCOC(C)(CC)c1nc(C)c(CC(=O)O)c(=O)[nH]1. The van der Waals surface area contributed by atoms with E-state index < -0.39 is 17.1 Å². The molecule has 1 heterocycles. The highest BCUT2D eigenvalue weighted by atomic mass is 16.5. The second-order valence-electron chi connectivity index (χ2n) is 4.57. The summed E-state index contributed by atoms with van der Waals surface area (Å²) in [5.41, 5.74) is -0.462. The lowest BCUT2D eigenvalue weighted by atomic mass is 10.0. The van der Waals surface area contributed by atoms with Crippen molar-refractivity contribution < 1.29 is 14.6 Å². The van der Waals surface area contributed by atoms with Crippen LogP contribution in [0.25, 0.3) is 0 Å². The summed E-state index contributed by atoms with van der Waals surface area (Å²) < 4.78 is 5.65. The summed E-state index contributed by atoms with van der Waals surface area (Å²) in [5, 5.41) is 8.77. The summed E-state index contributed by atoms with van der Waals surface area (Å²) in [6.07, 6.45) is 0.327. The maximum absolute atomic E-state index is 11.9. The van der Waals surface area contributed by atoms with E-state index in [1.54, 1.807) is 6.92 Å². The van der Waals surface area contributed by atoms with Crippen LogP contribution in [-0.2, 0) is 21.6 Å². The number of nitrogens with zero attached hydrogens (tertiary/aromatic N) is 1. The highest BCUT2D eigenvalue weighted by Crippen LogP contribution is 2.25. The quantitative estimate of drug-likeness (QED) is 0.812. The van der Waals surface area contributed by atoms with Gasteiger partial charge in [-0.05, 0) is 27.2 Å². The number of carbonyl (C=O) groups is 1. The van der Waals surface area contributed by atoms with E-state index in [1.807, 2.05) is 20.8 Å². The van der Waals surface area contributed by atoms with Crippen molar-refractivity contribution in [2.75, 3.05) is 6.61 Å². The van der Waals surface area contributed by atoms with Gasteiger partial charge < -0.3 is 14.8 Å². The Bertz CT molecular complexity index is 524. The Morgan fingerprint density at radius 1 is 1.47 bits per heavy atom. The zero-order valence-electron chi connectivity index (χ0n) is 11.7. The number of hydrogen-bond acceptors (Lipinski definition) is 4. The predicted octanol–water partition coefficient (Wildman–Crippen LogP) is 1.37. The minimum Gasteiger partial charge on any atom is -0.481 e. The van der Waals surface area contributed by atoms with Gasteiger partial charge in [0.05, 0.1) is 6.42 Å². The molecule has 0 aliphatic heterocycles. The first-order chi connectivity index (χ1) is 8.84. The molecule has 1 aromatic rings. The Balaban J connectivity index is 3.27. The van der Waals surface area contributed by atoms with Crippen molar-refractivity contribution in [3.05, 3.63) is 27.4 Å². The van der Waals surface area contributed by atoms with Gasteiger partial charge >= 0.3 is 5.97 Å². The molecular formula is C13H20N2O4. The fraction of sp³-hybridized carbons (Fsp3) is 0.615. The number of aromatic amines is 1. The average molecular weight is 268 g/mol. The van der Waals surface area contributed by atoms with Crippen LogP contribution in [0, 0.1) is 6.92 Å². The van der Waals surface area contributed by atoms with Gasteiger partial charge in [0.15, 0.2) is 0 Å². The highest BCUT2D eigenvalue weighted by molar-refractivity contribution is 5.70. The number of carboxylic acid groups (broad SMARTS) is 1. The Hall–Kier alpha value is -1.69. The maximum atomic E-state index is 11.9. The summed E-state index contributed by atoms with van der Waals surface area (Å²) in [6, 6.07) is 0. The van der Waals surface area contributed by atoms with E-state index in [0.29, 0.717) is 24.5 Å². The van der Waals surface area contributed by atoms with Crippen molar-refractivity contribution in [1.82, 2.24) is 9.97 Å². The van der Waals surface area contributed by atoms with E-state index >= 15 is 0 Å². The van der Waals surface area contributed by atoms with E-state index in [0.717, 1.165) is 0 Å². The molecule has 6 nitrogen and oxygen atoms in total. The molecule has 0 fully saturated rings. The largest absolute Gasteiger partial charge is 0.481 e.